The van der Waals surface area contributed by atoms with Gasteiger partial charge in [-0.2, -0.15) is 0 Å². The fourth-order valence-corrected chi connectivity index (χ4v) is 3.02. The zero-order valence-corrected chi connectivity index (χ0v) is 8.97. The number of aryl methyl sites for hydroxylation is 1. The van der Waals surface area contributed by atoms with Crippen LogP contribution in [0.2, 0.25) is 0 Å². The van der Waals surface area contributed by atoms with Crippen LogP contribution in [-0.4, -0.2) is 12.5 Å². The highest BCUT2D eigenvalue weighted by atomic mass is 16.1. The lowest BCUT2D eigenvalue weighted by molar-refractivity contribution is 0.0895. The van der Waals surface area contributed by atoms with Crippen molar-refractivity contribution in [3.8, 4) is 0 Å². The Morgan fingerprint density at radius 2 is 2.13 bits per heavy atom. The zero-order valence-electron chi connectivity index (χ0n) is 8.97. The van der Waals surface area contributed by atoms with E-state index in [-0.39, 0.29) is 11.3 Å². The lowest BCUT2D eigenvalue weighted by Gasteiger charge is -2.46. The van der Waals surface area contributed by atoms with Gasteiger partial charge in [0.2, 0.25) is 0 Å². The molecule has 2 heteroatoms. The van der Waals surface area contributed by atoms with Crippen molar-refractivity contribution in [1.29, 1.82) is 0 Å². The maximum Gasteiger partial charge on any atom is 0.251 e. The monoisotopic (exact) mass is 201 g/mol. The molecule has 1 aromatic carbocycles. The van der Waals surface area contributed by atoms with Crippen LogP contribution in [0.4, 0.5) is 0 Å². The van der Waals surface area contributed by atoms with Crippen LogP contribution in [0.1, 0.15) is 40.7 Å². The molecule has 0 bridgehead atoms. The normalized spacial score (nSPS) is 21.8. The molecule has 0 radical (unpaired) electrons. The van der Waals surface area contributed by atoms with E-state index < -0.39 is 0 Å². The third-order valence-electron chi connectivity index (χ3n) is 3.95. The summed E-state index contributed by atoms with van der Waals surface area (Å²) >= 11 is 0. The van der Waals surface area contributed by atoms with Crippen LogP contribution in [-0.2, 0) is 5.41 Å². The van der Waals surface area contributed by atoms with E-state index in [0.29, 0.717) is 0 Å². The van der Waals surface area contributed by atoms with Crippen LogP contribution in [0, 0.1) is 6.92 Å². The molecule has 2 aliphatic rings. The Bertz CT molecular complexity index is 432. The Labute approximate surface area is 89.7 Å². The smallest absolute Gasteiger partial charge is 0.251 e. The fourth-order valence-electron chi connectivity index (χ4n) is 3.02. The Morgan fingerprint density at radius 3 is 2.80 bits per heavy atom. The molecule has 0 unspecified atom stereocenters. The first-order valence-corrected chi connectivity index (χ1v) is 5.61. The molecule has 15 heavy (non-hydrogen) atoms. The number of carbonyl (C=O) groups is 1. The minimum absolute atomic E-state index is 0.103. The van der Waals surface area contributed by atoms with Gasteiger partial charge in [0, 0.05) is 17.5 Å². The molecular formula is C13H15NO. The maximum atomic E-state index is 11.8. The zero-order chi connectivity index (χ0) is 10.5. The summed E-state index contributed by atoms with van der Waals surface area (Å²) < 4.78 is 0. The SMILES string of the molecule is Cc1cccc2c1C1(CCC1)CNC2=O. The van der Waals surface area contributed by atoms with Gasteiger partial charge in [0.05, 0.1) is 0 Å². The Hall–Kier alpha value is -1.31. The summed E-state index contributed by atoms with van der Waals surface area (Å²) in [6, 6.07) is 6.06. The summed E-state index contributed by atoms with van der Waals surface area (Å²) in [6.45, 7) is 2.96. The van der Waals surface area contributed by atoms with Crippen molar-refractivity contribution >= 4 is 5.91 Å². The van der Waals surface area contributed by atoms with Gasteiger partial charge in [0.1, 0.15) is 0 Å². The van der Waals surface area contributed by atoms with E-state index in [1.807, 2.05) is 12.1 Å². The van der Waals surface area contributed by atoms with Crippen molar-refractivity contribution in [3.63, 3.8) is 0 Å². The van der Waals surface area contributed by atoms with Gasteiger partial charge in [-0.25, -0.2) is 0 Å². The van der Waals surface area contributed by atoms with Gasteiger partial charge < -0.3 is 5.32 Å². The first-order chi connectivity index (χ1) is 7.23. The molecule has 78 valence electrons. The molecule has 1 N–H and O–H groups in total. The van der Waals surface area contributed by atoms with Gasteiger partial charge in [-0.1, -0.05) is 18.6 Å². The lowest BCUT2D eigenvalue weighted by Crippen LogP contribution is -2.51. The predicted molar refractivity (Wildman–Crippen MR) is 59.0 cm³/mol. The van der Waals surface area contributed by atoms with E-state index in [0.717, 1.165) is 12.1 Å². The van der Waals surface area contributed by atoms with Crippen LogP contribution in [0.25, 0.3) is 0 Å². The van der Waals surface area contributed by atoms with Crippen molar-refractivity contribution in [2.24, 2.45) is 0 Å². The molecule has 0 aromatic heterocycles. The standard InChI is InChI=1S/C13H15NO/c1-9-4-2-5-10-11(9)13(6-3-7-13)8-14-12(10)15/h2,4-5H,3,6-8H2,1H3,(H,14,15). The van der Waals surface area contributed by atoms with E-state index in [1.165, 1.54) is 30.4 Å². The number of hydrogen-bond donors (Lipinski definition) is 1. The number of carbonyl (C=O) groups excluding carboxylic acids is 1. The molecular weight excluding hydrogens is 186 g/mol. The van der Waals surface area contributed by atoms with Crippen molar-refractivity contribution < 1.29 is 4.79 Å². The van der Waals surface area contributed by atoms with Gasteiger partial charge >= 0.3 is 0 Å². The Balaban J connectivity index is 2.23. The number of fused-ring (bicyclic) bond motifs is 2. The van der Waals surface area contributed by atoms with Gasteiger partial charge in [-0.05, 0) is 37.0 Å². The number of benzene rings is 1. The second-order valence-electron chi connectivity index (χ2n) is 4.81. The lowest BCUT2D eigenvalue weighted by atomic mass is 9.61. The van der Waals surface area contributed by atoms with Gasteiger partial charge in [-0.3, -0.25) is 4.79 Å². The molecule has 1 heterocycles. The first kappa shape index (κ1) is 8.96. The second kappa shape index (κ2) is 2.84. The molecule has 1 aliphatic heterocycles. The number of amides is 1. The molecule has 1 fully saturated rings. The quantitative estimate of drug-likeness (QED) is 0.684. The maximum absolute atomic E-state index is 11.8. The highest BCUT2D eigenvalue weighted by Gasteiger charge is 2.44. The van der Waals surface area contributed by atoms with Crippen LogP contribution in [0.3, 0.4) is 0 Å². The Kier molecular flexibility index (Phi) is 1.70. The summed E-state index contributed by atoms with van der Waals surface area (Å²) in [6.07, 6.45) is 3.75. The number of nitrogens with one attached hydrogen (secondary N) is 1. The summed E-state index contributed by atoms with van der Waals surface area (Å²) in [5, 5.41) is 3.02. The first-order valence-electron chi connectivity index (χ1n) is 5.61. The van der Waals surface area contributed by atoms with Crippen LogP contribution in [0.15, 0.2) is 18.2 Å². The third-order valence-corrected chi connectivity index (χ3v) is 3.95. The van der Waals surface area contributed by atoms with Gasteiger partial charge in [0.15, 0.2) is 0 Å². The topological polar surface area (TPSA) is 29.1 Å². The molecule has 2 nitrogen and oxygen atoms in total. The van der Waals surface area contributed by atoms with E-state index in [4.69, 9.17) is 0 Å². The summed E-state index contributed by atoms with van der Waals surface area (Å²) in [5.74, 6) is 0.103. The molecule has 1 amide bonds. The molecule has 1 spiro atoms. The molecule has 1 aliphatic carbocycles. The van der Waals surface area contributed by atoms with Gasteiger partial charge in [0.25, 0.3) is 5.91 Å². The molecule has 3 rings (SSSR count). The Morgan fingerprint density at radius 1 is 1.33 bits per heavy atom. The number of hydrogen-bond acceptors (Lipinski definition) is 1. The van der Waals surface area contributed by atoms with Crippen LogP contribution < -0.4 is 5.32 Å². The van der Waals surface area contributed by atoms with Crippen molar-refractivity contribution in [3.05, 3.63) is 34.9 Å². The average Bonchev–Trinajstić information content (AvgIpc) is 2.17. The molecule has 0 saturated heterocycles. The molecule has 1 saturated carbocycles. The summed E-state index contributed by atoms with van der Waals surface area (Å²) in [7, 11) is 0. The fraction of sp³-hybridized carbons (Fsp3) is 0.462. The highest BCUT2D eigenvalue weighted by Crippen LogP contribution is 2.47. The minimum Gasteiger partial charge on any atom is -0.351 e. The van der Waals surface area contributed by atoms with E-state index in [1.54, 1.807) is 0 Å². The highest BCUT2D eigenvalue weighted by molar-refractivity contribution is 5.98. The third kappa shape index (κ3) is 1.08. The van der Waals surface area contributed by atoms with Crippen molar-refractivity contribution in [2.75, 3.05) is 6.54 Å². The predicted octanol–water partition coefficient (Wildman–Crippen LogP) is 2.16. The molecule has 0 atom stereocenters. The van der Waals surface area contributed by atoms with E-state index in [2.05, 4.69) is 18.3 Å². The van der Waals surface area contributed by atoms with Gasteiger partial charge in [-0.15, -0.1) is 0 Å². The van der Waals surface area contributed by atoms with E-state index >= 15 is 0 Å². The largest absolute Gasteiger partial charge is 0.351 e. The van der Waals surface area contributed by atoms with Crippen molar-refractivity contribution in [2.45, 2.75) is 31.6 Å². The summed E-state index contributed by atoms with van der Waals surface area (Å²) in [5.41, 5.74) is 3.78. The second-order valence-corrected chi connectivity index (χ2v) is 4.81. The van der Waals surface area contributed by atoms with Crippen molar-refractivity contribution in [1.82, 2.24) is 5.32 Å². The average molecular weight is 201 g/mol. The van der Waals surface area contributed by atoms with Crippen LogP contribution in [0.5, 0.6) is 0 Å². The summed E-state index contributed by atoms with van der Waals surface area (Å²) in [4.78, 5) is 11.8. The molecule has 1 aromatic rings. The minimum atomic E-state index is 0.103. The van der Waals surface area contributed by atoms with Crippen LogP contribution >= 0.6 is 0 Å². The number of rotatable bonds is 0. The van der Waals surface area contributed by atoms with E-state index in [9.17, 15) is 4.79 Å².